The molecule has 1 saturated heterocycles. The number of β-lactam (4-membered cyclic amide) rings is 1. The Hall–Kier alpha value is -3.19. The van der Waals surface area contributed by atoms with Crippen LogP contribution in [-0.2, 0) is 32.0 Å². The second-order valence-electron chi connectivity index (χ2n) is 9.14. The lowest BCUT2D eigenvalue weighted by molar-refractivity contribution is -0.151. The summed E-state index contributed by atoms with van der Waals surface area (Å²) in [5.41, 5.74) is 0.0336. The molecular formula is C28H21Cl3N2O7S2. The van der Waals surface area contributed by atoms with Crippen LogP contribution in [0.3, 0.4) is 0 Å². The van der Waals surface area contributed by atoms with E-state index < -0.39 is 40.4 Å². The zero-order chi connectivity index (χ0) is 30.0. The number of ether oxygens (including phenoxy) is 2. The Morgan fingerprint density at radius 2 is 1.86 bits per heavy atom. The molecule has 2 aliphatic rings. The van der Waals surface area contributed by atoms with Gasteiger partial charge in [-0.15, -0.1) is 11.3 Å². The summed E-state index contributed by atoms with van der Waals surface area (Å²) >= 11 is 18.1. The Balaban J connectivity index is 1.27. The molecule has 2 amide bonds. The average Bonchev–Trinajstić information content (AvgIpc) is 3.45. The van der Waals surface area contributed by atoms with Gasteiger partial charge in [0.15, 0.2) is 17.5 Å². The van der Waals surface area contributed by atoms with Crippen molar-refractivity contribution < 1.29 is 33.5 Å². The first-order chi connectivity index (χ1) is 20.1. The molecule has 0 spiro atoms. The van der Waals surface area contributed by atoms with E-state index >= 15 is 0 Å². The minimum Gasteiger partial charge on any atom is -0.614 e. The quantitative estimate of drug-likeness (QED) is 0.159. The van der Waals surface area contributed by atoms with Crippen molar-refractivity contribution in [3.63, 3.8) is 0 Å². The fraction of sp³-hybridized carbons (Fsp3) is 0.179. The molecular weight excluding hydrogens is 647 g/mol. The van der Waals surface area contributed by atoms with Crippen LogP contribution in [0.5, 0.6) is 17.2 Å². The second-order valence-corrected chi connectivity index (χ2v) is 13.0. The highest BCUT2D eigenvalue weighted by Crippen LogP contribution is 2.39. The summed E-state index contributed by atoms with van der Waals surface area (Å²) in [4.78, 5) is 39.3. The minimum atomic E-state index is -1.64. The smallest absolute Gasteiger partial charge is 0.352 e. The third-order valence-corrected chi connectivity index (χ3v) is 9.61. The van der Waals surface area contributed by atoms with Gasteiger partial charge in [-0.1, -0.05) is 40.9 Å². The lowest BCUT2D eigenvalue weighted by Gasteiger charge is -2.49. The fourth-order valence-corrected chi connectivity index (χ4v) is 7.47. The fourth-order valence-electron chi connectivity index (χ4n) is 4.45. The number of amides is 2. The van der Waals surface area contributed by atoms with Gasteiger partial charge in [-0.3, -0.25) is 14.5 Å². The van der Waals surface area contributed by atoms with E-state index in [4.69, 9.17) is 44.3 Å². The molecule has 1 fully saturated rings. The molecule has 3 atom stereocenters. The van der Waals surface area contributed by atoms with E-state index in [0.717, 1.165) is 9.78 Å². The first-order valence-corrected chi connectivity index (χ1v) is 15.7. The normalized spacial score (nSPS) is 19.9. The van der Waals surface area contributed by atoms with Crippen LogP contribution in [0, 0.1) is 0 Å². The summed E-state index contributed by atoms with van der Waals surface area (Å²) in [7, 11) is 0. The van der Waals surface area contributed by atoms with Crippen molar-refractivity contribution in [2.45, 2.75) is 24.3 Å². The van der Waals surface area contributed by atoms with Crippen molar-refractivity contribution in [3.8, 4) is 17.2 Å². The van der Waals surface area contributed by atoms with E-state index in [1.807, 2.05) is 11.4 Å². The van der Waals surface area contributed by atoms with Crippen molar-refractivity contribution in [1.82, 2.24) is 10.2 Å². The highest BCUT2D eigenvalue weighted by Gasteiger charge is 2.60. The summed E-state index contributed by atoms with van der Waals surface area (Å²) < 4.78 is 24.7. The molecule has 3 aromatic rings. The molecule has 3 heterocycles. The molecule has 2 aliphatic heterocycles. The molecule has 5 rings (SSSR count). The van der Waals surface area contributed by atoms with Crippen molar-refractivity contribution in [2.24, 2.45) is 0 Å². The number of carboxylic acids is 1. The van der Waals surface area contributed by atoms with Crippen LogP contribution in [0.25, 0.3) is 0 Å². The Labute approximate surface area is 262 Å². The highest BCUT2D eigenvalue weighted by atomic mass is 35.5. The average molecular weight is 668 g/mol. The predicted octanol–water partition coefficient (Wildman–Crippen LogP) is 5.78. The SMILES string of the molecule is O=C(Cc1cccs1)NC1C(=O)N2C(C(=O)O)=C(C/C=C/Oc3cc(Cl)ccc3Oc3ccc(Cl)cc3Cl)C[S+]([O-])[C@H]12. The van der Waals surface area contributed by atoms with Crippen molar-refractivity contribution in [2.75, 3.05) is 5.75 Å². The standard InChI is InChI=1S/C28H21Cl3N2O7S2/c29-16-5-7-20(19(31)11-16)40-21-8-6-17(30)12-22(21)39-9-1-3-15-14-42(38)27-24(26(35)33(27)25(15)28(36)37)32-23(34)13-18-4-2-10-41-18/h1-2,4-12,24,27H,3,13-14H2,(H,32,34)(H,36,37)/b9-1+/t24?,27-,42?/m1/s1. The molecule has 42 heavy (non-hydrogen) atoms. The summed E-state index contributed by atoms with van der Waals surface area (Å²) in [5.74, 6) is -1.54. The van der Waals surface area contributed by atoms with Gasteiger partial charge < -0.3 is 24.4 Å². The van der Waals surface area contributed by atoms with Crippen LogP contribution in [0.4, 0.5) is 0 Å². The number of hydrogen-bond donors (Lipinski definition) is 2. The molecule has 218 valence electrons. The maximum atomic E-state index is 13.1. The van der Waals surface area contributed by atoms with E-state index in [0.29, 0.717) is 26.6 Å². The van der Waals surface area contributed by atoms with E-state index in [9.17, 15) is 24.0 Å². The molecule has 2 aromatic carbocycles. The summed E-state index contributed by atoms with van der Waals surface area (Å²) in [6.07, 6.45) is 2.96. The molecule has 0 bridgehead atoms. The van der Waals surface area contributed by atoms with Gasteiger partial charge in [-0.05, 0) is 65.5 Å². The topological polar surface area (TPSA) is 128 Å². The van der Waals surface area contributed by atoms with Gasteiger partial charge in [0.05, 0.1) is 17.7 Å². The van der Waals surface area contributed by atoms with E-state index in [-0.39, 0.29) is 35.6 Å². The van der Waals surface area contributed by atoms with Crippen molar-refractivity contribution in [3.05, 3.63) is 97.5 Å². The molecule has 0 saturated carbocycles. The minimum absolute atomic E-state index is 0.0407. The van der Waals surface area contributed by atoms with Crippen LogP contribution < -0.4 is 14.8 Å². The molecule has 9 nitrogen and oxygen atoms in total. The largest absolute Gasteiger partial charge is 0.614 e. The number of rotatable bonds is 10. The van der Waals surface area contributed by atoms with Crippen LogP contribution in [0.2, 0.25) is 15.1 Å². The number of benzene rings is 2. The lowest BCUT2D eigenvalue weighted by atomic mass is 10.0. The predicted molar refractivity (Wildman–Crippen MR) is 161 cm³/mol. The summed E-state index contributed by atoms with van der Waals surface area (Å²) in [6, 6.07) is 12.0. The van der Waals surface area contributed by atoms with E-state index in [1.54, 1.807) is 30.3 Å². The number of thiophene rings is 1. The highest BCUT2D eigenvalue weighted by molar-refractivity contribution is 7.92. The monoisotopic (exact) mass is 666 g/mol. The number of carbonyl (C=O) groups excluding carboxylic acids is 2. The number of carbonyl (C=O) groups is 3. The third kappa shape index (κ3) is 6.56. The first-order valence-electron chi connectivity index (χ1n) is 12.3. The summed E-state index contributed by atoms with van der Waals surface area (Å²) in [5, 5.41) is 14.5. The van der Waals surface area contributed by atoms with Crippen LogP contribution in [-0.4, -0.2) is 49.5 Å². The van der Waals surface area contributed by atoms with Gasteiger partial charge >= 0.3 is 5.97 Å². The molecule has 2 unspecified atom stereocenters. The van der Waals surface area contributed by atoms with Crippen molar-refractivity contribution in [1.29, 1.82) is 0 Å². The molecule has 1 aromatic heterocycles. The number of nitrogens with zero attached hydrogens (tertiary/aromatic N) is 1. The number of carboxylic acid groups (broad SMARTS) is 1. The van der Waals surface area contributed by atoms with Gasteiger partial charge in [-0.2, -0.15) is 0 Å². The lowest BCUT2D eigenvalue weighted by Crippen LogP contribution is -2.74. The Morgan fingerprint density at radius 3 is 2.55 bits per heavy atom. The van der Waals surface area contributed by atoms with Crippen LogP contribution >= 0.6 is 46.1 Å². The second kappa shape index (κ2) is 13.0. The number of hydrogen-bond acceptors (Lipinski definition) is 7. The molecule has 2 N–H and O–H groups in total. The number of halogens is 3. The zero-order valence-corrected chi connectivity index (χ0v) is 25.3. The maximum Gasteiger partial charge on any atom is 0.352 e. The van der Waals surface area contributed by atoms with Gasteiger partial charge in [0.1, 0.15) is 17.2 Å². The Bertz CT molecular complexity index is 1600. The maximum absolute atomic E-state index is 13.1. The van der Waals surface area contributed by atoms with Crippen LogP contribution in [0.1, 0.15) is 11.3 Å². The zero-order valence-electron chi connectivity index (χ0n) is 21.4. The van der Waals surface area contributed by atoms with Gasteiger partial charge in [0.2, 0.25) is 11.3 Å². The molecule has 0 aliphatic carbocycles. The number of fused-ring (bicyclic) bond motifs is 1. The number of allylic oxidation sites excluding steroid dienone is 1. The number of nitrogens with one attached hydrogen (secondary N) is 1. The van der Waals surface area contributed by atoms with Crippen molar-refractivity contribution >= 4 is 75.1 Å². The van der Waals surface area contributed by atoms with E-state index in [1.165, 1.54) is 35.8 Å². The first kappa shape index (κ1) is 30.3. The van der Waals surface area contributed by atoms with Crippen LogP contribution in [0.15, 0.2) is 77.5 Å². The van der Waals surface area contributed by atoms with Gasteiger partial charge in [-0.25, -0.2) is 4.79 Å². The summed E-state index contributed by atoms with van der Waals surface area (Å²) in [6.45, 7) is 0. The third-order valence-electron chi connectivity index (χ3n) is 6.31. The molecule has 0 radical (unpaired) electrons. The van der Waals surface area contributed by atoms with Gasteiger partial charge in [0, 0.05) is 26.6 Å². The number of aliphatic carboxylic acids is 1. The van der Waals surface area contributed by atoms with E-state index in [2.05, 4.69) is 5.32 Å². The Morgan fingerprint density at radius 1 is 1.12 bits per heavy atom. The molecule has 14 heteroatoms. The van der Waals surface area contributed by atoms with Gasteiger partial charge in [0.25, 0.3) is 5.91 Å². The Kier molecular flexibility index (Phi) is 9.36.